The zero-order valence-corrected chi connectivity index (χ0v) is 9.88. The summed E-state index contributed by atoms with van der Waals surface area (Å²) in [7, 11) is 0. The molecule has 0 saturated heterocycles. The quantitative estimate of drug-likeness (QED) is 0.789. The largest absolute Gasteiger partial charge is 0.393 e. The lowest BCUT2D eigenvalue weighted by Gasteiger charge is -2.16. The average molecular weight is 284 g/mol. The Bertz CT molecular complexity index is 113. The molecule has 0 aliphatic heterocycles. The molecule has 5 heteroatoms. The van der Waals surface area contributed by atoms with Crippen molar-refractivity contribution in [1.29, 1.82) is 0 Å². The minimum absolute atomic E-state index is 0.0509. The lowest BCUT2D eigenvalue weighted by atomic mass is 10.2. The fourth-order valence-electron chi connectivity index (χ4n) is 0.705. The Morgan fingerprint density at radius 3 is 2.18 bits per heavy atom. The third-order valence-electron chi connectivity index (χ3n) is 1.05. The van der Waals surface area contributed by atoms with Crippen LogP contribution in [0.3, 0.4) is 0 Å². The van der Waals surface area contributed by atoms with Gasteiger partial charge in [-0.3, -0.25) is 0 Å². The molecule has 0 amide bonds. The van der Waals surface area contributed by atoms with E-state index < -0.39 is 3.79 Å². The van der Waals surface area contributed by atoms with E-state index >= 15 is 0 Å². The van der Waals surface area contributed by atoms with Crippen LogP contribution in [0.4, 0.5) is 0 Å². The zero-order chi connectivity index (χ0) is 9.07. The summed E-state index contributed by atoms with van der Waals surface area (Å²) in [6, 6.07) is 0. The van der Waals surface area contributed by atoms with Crippen molar-refractivity contribution in [3.63, 3.8) is 0 Å². The number of aliphatic hydroxyl groups excluding tert-OH is 1. The average Bonchev–Trinajstić information content (AvgIpc) is 1.53. The number of rotatable bonds is 3. The molecule has 0 aromatic rings. The van der Waals surface area contributed by atoms with Gasteiger partial charge in [0, 0.05) is 11.2 Å². The molecule has 0 bridgehead atoms. The van der Waals surface area contributed by atoms with Crippen molar-refractivity contribution in [1.82, 2.24) is 0 Å². The summed E-state index contributed by atoms with van der Waals surface area (Å²) < 4.78 is -1.23. The van der Waals surface area contributed by atoms with Crippen LogP contribution < -0.4 is 0 Å². The topological polar surface area (TPSA) is 20.2 Å². The molecule has 1 nitrogen and oxygen atoms in total. The second-order valence-corrected chi connectivity index (χ2v) is 6.31. The summed E-state index contributed by atoms with van der Waals surface area (Å²) in [5.74, 6) is 0. The first-order valence-electron chi connectivity index (χ1n) is 3.20. The normalized spacial score (nSPS) is 18.0. The van der Waals surface area contributed by atoms with Gasteiger partial charge in [-0.1, -0.05) is 50.7 Å². The Morgan fingerprint density at radius 1 is 1.45 bits per heavy atom. The third-order valence-corrected chi connectivity index (χ3v) is 2.21. The molecular formula is C6H10BrCl3O. The highest BCUT2D eigenvalue weighted by molar-refractivity contribution is 9.09. The Hall–Kier alpha value is 1.31. The first-order valence-corrected chi connectivity index (χ1v) is 5.25. The van der Waals surface area contributed by atoms with Gasteiger partial charge in [-0.15, -0.1) is 0 Å². The molecule has 0 unspecified atom stereocenters. The Balaban J connectivity index is 3.61. The zero-order valence-electron chi connectivity index (χ0n) is 6.03. The molecule has 0 aliphatic rings. The van der Waals surface area contributed by atoms with Crippen molar-refractivity contribution in [3.05, 3.63) is 0 Å². The summed E-state index contributed by atoms with van der Waals surface area (Å²) >= 11 is 19.9. The minimum Gasteiger partial charge on any atom is -0.393 e. The first kappa shape index (κ1) is 12.3. The molecule has 0 aliphatic carbocycles. The minimum atomic E-state index is -1.23. The Labute approximate surface area is 90.1 Å². The molecule has 68 valence electrons. The van der Waals surface area contributed by atoms with Crippen LogP contribution in [0.1, 0.15) is 19.8 Å². The molecule has 2 atom stereocenters. The molecule has 0 radical (unpaired) electrons. The number of halogens is 4. The van der Waals surface area contributed by atoms with Crippen LogP contribution in [-0.2, 0) is 0 Å². The number of hydrogen-bond donors (Lipinski definition) is 1. The van der Waals surface area contributed by atoms with Crippen LogP contribution in [0, 0.1) is 0 Å². The second-order valence-electron chi connectivity index (χ2n) is 2.50. The molecule has 11 heavy (non-hydrogen) atoms. The molecule has 0 fully saturated rings. The molecule has 1 N–H and O–H groups in total. The summed E-state index contributed by atoms with van der Waals surface area (Å²) in [6.07, 6.45) is 0.628. The number of aliphatic hydroxyl groups is 1. The van der Waals surface area contributed by atoms with Crippen molar-refractivity contribution in [2.24, 2.45) is 0 Å². The monoisotopic (exact) mass is 282 g/mol. The molecule has 0 rings (SSSR count). The van der Waals surface area contributed by atoms with Crippen LogP contribution >= 0.6 is 50.7 Å². The van der Waals surface area contributed by atoms with Crippen LogP contribution in [0.2, 0.25) is 0 Å². The number of hydrogen-bond acceptors (Lipinski definition) is 1. The summed E-state index contributed by atoms with van der Waals surface area (Å²) in [5.41, 5.74) is 0. The summed E-state index contributed by atoms with van der Waals surface area (Å²) in [5, 5.41) is 8.96. The van der Waals surface area contributed by atoms with E-state index in [-0.39, 0.29) is 10.9 Å². The SMILES string of the molecule is C[C@@H](O)C[C@@H](Br)CC(Cl)(Cl)Cl. The first-order chi connectivity index (χ1) is 4.81. The molecule has 0 aromatic heterocycles. The van der Waals surface area contributed by atoms with Gasteiger partial charge >= 0.3 is 0 Å². The smallest absolute Gasteiger partial charge is 0.191 e. The highest BCUT2D eigenvalue weighted by atomic mass is 79.9. The predicted octanol–water partition coefficient (Wildman–Crippen LogP) is 3.28. The summed E-state index contributed by atoms with van der Waals surface area (Å²) in [4.78, 5) is 0.0509. The lowest BCUT2D eigenvalue weighted by molar-refractivity contribution is 0.183. The van der Waals surface area contributed by atoms with Crippen LogP contribution in [0.25, 0.3) is 0 Å². The standard InChI is InChI=1S/C6H10BrCl3O/c1-4(11)2-5(7)3-6(8,9)10/h4-5,11H,2-3H2,1H3/t4-,5-/m1/s1. The number of alkyl halides is 4. The van der Waals surface area contributed by atoms with E-state index in [2.05, 4.69) is 15.9 Å². The van der Waals surface area contributed by atoms with Gasteiger partial charge in [0.25, 0.3) is 0 Å². The van der Waals surface area contributed by atoms with Crippen molar-refractivity contribution >= 4 is 50.7 Å². The van der Waals surface area contributed by atoms with Gasteiger partial charge in [0.1, 0.15) is 0 Å². The van der Waals surface area contributed by atoms with E-state index in [4.69, 9.17) is 39.9 Å². The maximum absolute atomic E-state index is 8.96. The highest BCUT2D eigenvalue weighted by Gasteiger charge is 2.24. The Morgan fingerprint density at radius 2 is 1.91 bits per heavy atom. The maximum atomic E-state index is 8.96. The lowest BCUT2D eigenvalue weighted by Crippen LogP contribution is -2.16. The van der Waals surface area contributed by atoms with Crippen molar-refractivity contribution in [3.8, 4) is 0 Å². The van der Waals surface area contributed by atoms with Crippen LogP contribution in [0.5, 0.6) is 0 Å². The molecule has 0 spiro atoms. The van der Waals surface area contributed by atoms with Gasteiger partial charge in [0.2, 0.25) is 0 Å². The van der Waals surface area contributed by atoms with Crippen LogP contribution in [0.15, 0.2) is 0 Å². The third kappa shape index (κ3) is 9.22. The maximum Gasteiger partial charge on any atom is 0.191 e. The van der Waals surface area contributed by atoms with Gasteiger partial charge in [0.15, 0.2) is 3.79 Å². The van der Waals surface area contributed by atoms with Gasteiger partial charge in [-0.05, 0) is 13.3 Å². The van der Waals surface area contributed by atoms with E-state index in [1.165, 1.54) is 0 Å². The van der Waals surface area contributed by atoms with E-state index in [1.807, 2.05) is 0 Å². The predicted molar refractivity (Wildman–Crippen MR) is 53.9 cm³/mol. The van der Waals surface area contributed by atoms with E-state index in [1.54, 1.807) is 6.92 Å². The molecule has 0 saturated carbocycles. The van der Waals surface area contributed by atoms with Gasteiger partial charge in [-0.2, -0.15) is 0 Å². The Kier molecular flexibility index (Phi) is 5.74. The highest BCUT2D eigenvalue weighted by Crippen LogP contribution is 2.34. The fraction of sp³-hybridized carbons (Fsp3) is 1.00. The van der Waals surface area contributed by atoms with Crippen molar-refractivity contribution < 1.29 is 5.11 Å². The molecular weight excluding hydrogens is 274 g/mol. The van der Waals surface area contributed by atoms with Gasteiger partial charge in [0.05, 0.1) is 6.10 Å². The van der Waals surface area contributed by atoms with Crippen LogP contribution in [-0.4, -0.2) is 19.8 Å². The van der Waals surface area contributed by atoms with Crippen molar-refractivity contribution in [2.75, 3.05) is 0 Å². The second kappa shape index (κ2) is 5.13. The van der Waals surface area contributed by atoms with E-state index in [0.29, 0.717) is 12.8 Å². The van der Waals surface area contributed by atoms with Crippen molar-refractivity contribution in [2.45, 2.75) is 34.5 Å². The van der Waals surface area contributed by atoms with E-state index in [9.17, 15) is 0 Å². The molecule has 0 heterocycles. The van der Waals surface area contributed by atoms with E-state index in [0.717, 1.165) is 0 Å². The molecule has 0 aromatic carbocycles. The van der Waals surface area contributed by atoms with Gasteiger partial charge < -0.3 is 5.11 Å². The summed E-state index contributed by atoms with van der Waals surface area (Å²) in [6.45, 7) is 1.70. The van der Waals surface area contributed by atoms with Gasteiger partial charge in [-0.25, -0.2) is 0 Å². The fourth-order valence-corrected chi connectivity index (χ4v) is 2.85.